The van der Waals surface area contributed by atoms with Crippen LogP contribution in [0.1, 0.15) is 35.2 Å². The van der Waals surface area contributed by atoms with Crippen LogP contribution >= 0.6 is 11.3 Å². The molecule has 0 aliphatic carbocycles. The minimum absolute atomic E-state index is 0.0658. The zero-order valence-electron chi connectivity index (χ0n) is 30.8. The molecule has 1 fully saturated rings. The van der Waals surface area contributed by atoms with Crippen molar-refractivity contribution in [3.8, 4) is 16.8 Å². The normalized spacial score (nSPS) is 17.4. The predicted octanol–water partition coefficient (Wildman–Crippen LogP) is 12.9. The lowest BCUT2D eigenvalue weighted by molar-refractivity contribution is 0.203. The van der Waals surface area contributed by atoms with E-state index in [9.17, 15) is 0 Å². The molecule has 6 heteroatoms. The molecule has 8 aromatic carbocycles. The number of aromatic nitrogens is 1. The first-order valence-corrected chi connectivity index (χ1v) is 20.3. The number of furan rings is 1. The van der Waals surface area contributed by atoms with Crippen molar-refractivity contribution < 1.29 is 4.42 Å². The highest BCUT2D eigenvalue weighted by Crippen LogP contribution is 2.43. The van der Waals surface area contributed by atoms with Crippen molar-refractivity contribution in [3.05, 3.63) is 199 Å². The third-order valence-corrected chi connectivity index (χ3v) is 12.9. The Hall–Kier alpha value is -6.54. The van der Waals surface area contributed by atoms with Gasteiger partial charge in [0.05, 0.1) is 29.5 Å². The highest BCUT2D eigenvalue weighted by Gasteiger charge is 2.31. The van der Waals surface area contributed by atoms with Gasteiger partial charge >= 0.3 is 0 Å². The number of benzene rings is 8. The molecule has 1 aliphatic rings. The fraction of sp³-hybridized carbons (Fsp3) is 0.0588. The molecule has 3 aromatic heterocycles. The standard InChI is InChI=1S/C51H36N4OS/c1-3-13-31(14-4-1)49-52-50(32-15-5-2-6-16-32)54-51(53-49)41-22-12-21-40-39-20-11-19-35(47(39)56-48(40)41)33-25-27-38-42-30-34(26-28-45(42)57-46(38)29-33)55-43-23-9-7-17-36(43)37-18-8-10-24-44(37)55/h1-30,49-54H. The summed E-state index contributed by atoms with van der Waals surface area (Å²) in [5, 5.41) is 18.8. The second-order valence-electron chi connectivity index (χ2n) is 15.0. The van der Waals surface area contributed by atoms with E-state index in [1.165, 1.54) is 58.8 Å². The summed E-state index contributed by atoms with van der Waals surface area (Å²) in [5.41, 5.74) is 11.1. The fourth-order valence-corrected chi connectivity index (χ4v) is 10.2. The van der Waals surface area contributed by atoms with Crippen LogP contribution in [-0.4, -0.2) is 4.57 Å². The first kappa shape index (κ1) is 32.7. The van der Waals surface area contributed by atoms with Gasteiger partial charge in [0.1, 0.15) is 11.2 Å². The number of hydrogen-bond acceptors (Lipinski definition) is 5. The second kappa shape index (κ2) is 13.0. The SMILES string of the molecule is c1ccc(C2NC(c3ccccc3)NC(c3cccc4c3oc3c(-c5ccc6c(c5)sc5ccc(-n7c8ccccc8c8ccccc87)cc56)cccc34)N2)cc1. The van der Waals surface area contributed by atoms with Gasteiger partial charge in [0.25, 0.3) is 0 Å². The molecular weight excluding hydrogens is 717 g/mol. The number of para-hydroxylation sites is 4. The highest BCUT2D eigenvalue weighted by atomic mass is 32.1. The number of thiophene rings is 1. The van der Waals surface area contributed by atoms with Gasteiger partial charge in [-0.15, -0.1) is 11.3 Å². The molecule has 4 heterocycles. The van der Waals surface area contributed by atoms with E-state index in [1.54, 1.807) is 0 Å². The van der Waals surface area contributed by atoms with Gasteiger partial charge in [0.2, 0.25) is 0 Å². The van der Waals surface area contributed by atoms with E-state index in [0.29, 0.717) is 0 Å². The quantitative estimate of drug-likeness (QED) is 0.164. The molecule has 0 spiro atoms. The van der Waals surface area contributed by atoms with Gasteiger partial charge in [0.15, 0.2) is 0 Å². The molecule has 1 saturated heterocycles. The molecule has 12 rings (SSSR count). The van der Waals surface area contributed by atoms with Crippen molar-refractivity contribution in [2.24, 2.45) is 0 Å². The van der Waals surface area contributed by atoms with Crippen molar-refractivity contribution in [3.63, 3.8) is 0 Å². The van der Waals surface area contributed by atoms with Crippen LogP contribution in [-0.2, 0) is 0 Å². The lowest BCUT2D eigenvalue weighted by Gasteiger charge is -2.39. The molecule has 1 aliphatic heterocycles. The molecule has 57 heavy (non-hydrogen) atoms. The van der Waals surface area contributed by atoms with Crippen molar-refractivity contribution in [1.29, 1.82) is 0 Å². The van der Waals surface area contributed by atoms with Crippen LogP contribution in [0.2, 0.25) is 0 Å². The van der Waals surface area contributed by atoms with Crippen LogP contribution in [0.5, 0.6) is 0 Å². The van der Waals surface area contributed by atoms with E-state index in [2.05, 4.69) is 203 Å². The van der Waals surface area contributed by atoms with Gasteiger partial charge in [0, 0.05) is 58.5 Å². The molecule has 0 amide bonds. The topological polar surface area (TPSA) is 54.2 Å². The van der Waals surface area contributed by atoms with E-state index in [0.717, 1.165) is 38.6 Å². The van der Waals surface area contributed by atoms with Crippen molar-refractivity contribution in [2.75, 3.05) is 0 Å². The first-order chi connectivity index (χ1) is 28.2. The van der Waals surface area contributed by atoms with E-state index in [-0.39, 0.29) is 18.5 Å². The summed E-state index contributed by atoms with van der Waals surface area (Å²) in [6.45, 7) is 0. The van der Waals surface area contributed by atoms with Gasteiger partial charge < -0.3 is 8.98 Å². The van der Waals surface area contributed by atoms with Crippen LogP contribution < -0.4 is 16.0 Å². The predicted molar refractivity (Wildman–Crippen MR) is 237 cm³/mol. The van der Waals surface area contributed by atoms with Crippen LogP contribution in [0.3, 0.4) is 0 Å². The van der Waals surface area contributed by atoms with E-state index in [4.69, 9.17) is 4.42 Å². The maximum absolute atomic E-state index is 7.00. The molecule has 272 valence electrons. The van der Waals surface area contributed by atoms with Crippen LogP contribution in [0.25, 0.3) is 80.7 Å². The van der Waals surface area contributed by atoms with Crippen LogP contribution in [0, 0.1) is 0 Å². The molecule has 2 unspecified atom stereocenters. The molecule has 0 saturated carbocycles. The summed E-state index contributed by atoms with van der Waals surface area (Å²) in [7, 11) is 0. The van der Waals surface area contributed by atoms with Crippen molar-refractivity contribution in [1.82, 2.24) is 20.5 Å². The lowest BCUT2D eigenvalue weighted by Crippen LogP contribution is -2.54. The summed E-state index contributed by atoms with van der Waals surface area (Å²) in [6.07, 6.45) is -0.301. The monoisotopic (exact) mass is 752 g/mol. The average molecular weight is 753 g/mol. The van der Waals surface area contributed by atoms with E-state index < -0.39 is 0 Å². The van der Waals surface area contributed by atoms with Crippen LogP contribution in [0.15, 0.2) is 186 Å². The van der Waals surface area contributed by atoms with Crippen molar-refractivity contribution >= 4 is 75.3 Å². The summed E-state index contributed by atoms with van der Waals surface area (Å²) < 4.78 is 11.9. The number of hydrogen-bond donors (Lipinski definition) is 3. The Balaban J connectivity index is 0.951. The van der Waals surface area contributed by atoms with Gasteiger partial charge in [-0.1, -0.05) is 146 Å². The van der Waals surface area contributed by atoms with Gasteiger partial charge in [-0.25, -0.2) is 0 Å². The highest BCUT2D eigenvalue weighted by molar-refractivity contribution is 7.25. The molecule has 0 bridgehead atoms. The van der Waals surface area contributed by atoms with E-state index in [1.807, 2.05) is 11.3 Å². The summed E-state index contributed by atoms with van der Waals surface area (Å²) in [5.74, 6) is 0. The molecule has 2 atom stereocenters. The molecular formula is C51H36N4OS. The zero-order chi connectivity index (χ0) is 37.5. The Labute approximate surface area is 332 Å². The van der Waals surface area contributed by atoms with E-state index >= 15 is 0 Å². The summed E-state index contributed by atoms with van der Waals surface area (Å²) in [4.78, 5) is 0. The molecule has 0 radical (unpaired) electrons. The Morgan fingerprint density at radius 2 is 1.02 bits per heavy atom. The Bertz CT molecular complexity index is 3210. The third kappa shape index (κ3) is 5.27. The molecule has 3 N–H and O–H groups in total. The summed E-state index contributed by atoms with van der Waals surface area (Å²) in [6, 6.07) is 65.4. The minimum atomic E-state index is -0.170. The zero-order valence-corrected chi connectivity index (χ0v) is 31.6. The number of rotatable bonds is 5. The second-order valence-corrected chi connectivity index (χ2v) is 16.1. The Morgan fingerprint density at radius 1 is 0.421 bits per heavy atom. The Kier molecular flexibility index (Phi) is 7.46. The maximum Gasteiger partial charge on any atom is 0.143 e. The van der Waals surface area contributed by atoms with Gasteiger partial charge in [-0.2, -0.15) is 0 Å². The largest absolute Gasteiger partial charge is 0.455 e. The number of nitrogens with zero attached hydrogens (tertiary/aromatic N) is 1. The van der Waals surface area contributed by atoms with Gasteiger partial charge in [-0.3, -0.25) is 16.0 Å². The molecule has 11 aromatic rings. The fourth-order valence-electron chi connectivity index (χ4n) is 9.07. The minimum Gasteiger partial charge on any atom is -0.455 e. The summed E-state index contributed by atoms with van der Waals surface area (Å²) >= 11 is 1.85. The number of nitrogens with one attached hydrogen (secondary N) is 3. The Morgan fingerprint density at radius 3 is 1.72 bits per heavy atom. The smallest absolute Gasteiger partial charge is 0.143 e. The van der Waals surface area contributed by atoms with Crippen LogP contribution in [0.4, 0.5) is 0 Å². The lowest BCUT2D eigenvalue weighted by atomic mass is 10.00. The maximum atomic E-state index is 7.00. The first-order valence-electron chi connectivity index (χ1n) is 19.5. The average Bonchev–Trinajstić information content (AvgIpc) is 3.96. The number of fused-ring (bicyclic) bond motifs is 9. The molecule has 5 nitrogen and oxygen atoms in total. The third-order valence-electron chi connectivity index (χ3n) is 11.7. The van der Waals surface area contributed by atoms with Crippen molar-refractivity contribution in [2.45, 2.75) is 18.5 Å². The van der Waals surface area contributed by atoms with Gasteiger partial charge in [-0.05, 0) is 53.1 Å².